The Bertz CT molecular complexity index is 1000. The number of rotatable bonds is 7. The van der Waals surface area contributed by atoms with Crippen LogP contribution in [0.2, 0.25) is 0 Å². The first kappa shape index (κ1) is 18.9. The molecule has 3 rings (SSSR count). The molecular weight excluding hydrogens is 338 g/mol. The molecule has 0 saturated heterocycles. The number of fused-ring (bicyclic) bond motifs is 1. The summed E-state index contributed by atoms with van der Waals surface area (Å²) in [7, 11) is 2.13. The van der Waals surface area contributed by atoms with E-state index in [1.807, 2.05) is 26.0 Å². The van der Waals surface area contributed by atoms with Crippen molar-refractivity contribution in [3.8, 4) is 5.75 Å². The molecule has 0 aliphatic rings. The summed E-state index contributed by atoms with van der Waals surface area (Å²) in [5.74, 6) is 0.841. The minimum atomic E-state index is -0.289. The molecule has 1 atom stereocenters. The molecule has 1 unspecified atom stereocenters. The Morgan fingerprint density at radius 1 is 1.11 bits per heavy atom. The van der Waals surface area contributed by atoms with Crippen LogP contribution >= 0.6 is 0 Å². The van der Waals surface area contributed by atoms with Crippen molar-refractivity contribution in [1.82, 2.24) is 0 Å². The van der Waals surface area contributed by atoms with Gasteiger partial charge in [0.2, 0.25) is 0 Å². The normalized spacial score (nSPS) is 12.1. The maximum atomic E-state index is 12.0. The van der Waals surface area contributed by atoms with Crippen LogP contribution in [0.5, 0.6) is 5.75 Å². The molecule has 4 nitrogen and oxygen atoms in total. The molecule has 2 aromatic carbocycles. The largest absolute Gasteiger partial charge is 0.490 e. The summed E-state index contributed by atoms with van der Waals surface area (Å²) in [6.45, 7) is 9.79. The van der Waals surface area contributed by atoms with Crippen LogP contribution in [-0.4, -0.2) is 13.7 Å². The van der Waals surface area contributed by atoms with Gasteiger partial charge in [0.25, 0.3) is 0 Å². The van der Waals surface area contributed by atoms with Crippen molar-refractivity contribution in [2.45, 2.75) is 26.9 Å². The van der Waals surface area contributed by atoms with E-state index in [4.69, 9.17) is 9.15 Å². The van der Waals surface area contributed by atoms with Crippen LogP contribution in [0.15, 0.2) is 64.3 Å². The summed E-state index contributed by atoms with van der Waals surface area (Å²) in [5.41, 5.74) is 4.81. The van der Waals surface area contributed by atoms with Crippen molar-refractivity contribution in [2.24, 2.45) is 0 Å². The van der Waals surface area contributed by atoms with E-state index in [0.29, 0.717) is 12.2 Å². The third-order valence-corrected chi connectivity index (χ3v) is 4.81. The zero-order valence-corrected chi connectivity index (χ0v) is 16.2. The second-order valence-electron chi connectivity index (χ2n) is 7.03. The smallest absolute Gasteiger partial charge is 0.336 e. The lowest BCUT2D eigenvalue weighted by Crippen LogP contribution is -3.06. The molecule has 0 aliphatic carbocycles. The highest BCUT2D eigenvalue weighted by atomic mass is 16.5. The SMILES string of the molecule is C=CCOc1ccc(C[NH+](C)Cc2cc(=O)oc3c(C)c(C)ccc23)cc1. The van der Waals surface area contributed by atoms with Crippen molar-refractivity contribution in [3.05, 3.63) is 87.8 Å². The van der Waals surface area contributed by atoms with Gasteiger partial charge in [-0.3, -0.25) is 0 Å². The molecule has 4 heteroatoms. The molecule has 0 radical (unpaired) electrons. The van der Waals surface area contributed by atoms with Crippen LogP contribution in [0.1, 0.15) is 22.3 Å². The molecule has 27 heavy (non-hydrogen) atoms. The Labute approximate surface area is 159 Å². The molecule has 1 aromatic heterocycles. The zero-order valence-electron chi connectivity index (χ0n) is 16.2. The van der Waals surface area contributed by atoms with Crippen LogP contribution in [0.25, 0.3) is 11.0 Å². The summed E-state index contributed by atoms with van der Waals surface area (Å²) < 4.78 is 11.0. The molecule has 1 heterocycles. The van der Waals surface area contributed by atoms with Crippen molar-refractivity contribution in [1.29, 1.82) is 0 Å². The Morgan fingerprint density at radius 3 is 2.56 bits per heavy atom. The first-order chi connectivity index (χ1) is 13.0. The fourth-order valence-corrected chi connectivity index (χ4v) is 3.27. The number of hydrogen-bond acceptors (Lipinski definition) is 3. The van der Waals surface area contributed by atoms with Gasteiger partial charge in [0.1, 0.15) is 31.0 Å². The fraction of sp³-hybridized carbons (Fsp3) is 0.261. The monoisotopic (exact) mass is 364 g/mol. The standard InChI is InChI=1S/C23H25NO3/c1-5-12-26-20-9-7-18(8-10-20)14-24(4)15-19-13-22(25)27-23-17(3)16(2)6-11-21(19)23/h5-11,13H,1,12,14-15H2,2-4H3/p+1. The van der Waals surface area contributed by atoms with E-state index in [1.165, 1.54) is 10.5 Å². The van der Waals surface area contributed by atoms with Gasteiger partial charge >= 0.3 is 5.63 Å². The lowest BCUT2D eigenvalue weighted by molar-refractivity contribution is -0.907. The van der Waals surface area contributed by atoms with Crippen LogP contribution in [0.4, 0.5) is 0 Å². The van der Waals surface area contributed by atoms with Crippen molar-refractivity contribution >= 4 is 11.0 Å². The Morgan fingerprint density at radius 2 is 1.85 bits per heavy atom. The Kier molecular flexibility index (Phi) is 5.77. The lowest BCUT2D eigenvalue weighted by atomic mass is 10.0. The first-order valence-electron chi connectivity index (χ1n) is 9.15. The number of quaternary nitrogens is 1. The quantitative estimate of drug-likeness (QED) is 0.517. The van der Waals surface area contributed by atoms with Gasteiger partial charge in [-0.05, 0) is 49.2 Å². The maximum absolute atomic E-state index is 12.0. The van der Waals surface area contributed by atoms with E-state index in [2.05, 4.69) is 37.9 Å². The number of ether oxygens (including phenoxy) is 1. The van der Waals surface area contributed by atoms with Crippen molar-refractivity contribution < 1.29 is 14.1 Å². The third kappa shape index (κ3) is 4.47. The predicted octanol–water partition coefficient (Wildman–Crippen LogP) is 3.19. The number of hydrogen-bond donors (Lipinski definition) is 1. The highest BCUT2D eigenvalue weighted by Crippen LogP contribution is 2.22. The number of nitrogens with one attached hydrogen (secondary N) is 1. The summed E-state index contributed by atoms with van der Waals surface area (Å²) in [4.78, 5) is 13.3. The van der Waals surface area contributed by atoms with Crippen LogP contribution in [-0.2, 0) is 13.1 Å². The molecule has 0 fully saturated rings. The second-order valence-corrected chi connectivity index (χ2v) is 7.03. The molecule has 0 spiro atoms. The Hall–Kier alpha value is -2.85. The molecule has 140 valence electrons. The third-order valence-electron chi connectivity index (χ3n) is 4.81. The Balaban J connectivity index is 1.78. The van der Waals surface area contributed by atoms with Gasteiger partial charge in [-0.2, -0.15) is 0 Å². The van der Waals surface area contributed by atoms with E-state index in [-0.39, 0.29) is 5.63 Å². The molecule has 1 N–H and O–H groups in total. The molecule has 0 bridgehead atoms. The molecule has 0 aliphatic heterocycles. The van der Waals surface area contributed by atoms with E-state index in [0.717, 1.165) is 40.9 Å². The van der Waals surface area contributed by atoms with Gasteiger partial charge in [-0.1, -0.05) is 24.8 Å². The van der Waals surface area contributed by atoms with E-state index in [1.54, 1.807) is 12.1 Å². The average molecular weight is 364 g/mol. The van der Waals surface area contributed by atoms with Gasteiger partial charge in [-0.15, -0.1) is 0 Å². The molecule has 0 saturated carbocycles. The van der Waals surface area contributed by atoms with Crippen LogP contribution in [0.3, 0.4) is 0 Å². The van der Waals surface area contributed by atoms with Gasteiger partial charge < -0.3 is 14.1 Å². The average Bonchev–Trinajstić information content (AvgIpc) is 2.64. The predicted molar refractivity (Wildman–Crippen MR) is 108 cm³/mol. The topological polar surface area (TPSA) is 43.9 Å². The maximum Gasteiger partial charge on any atom is 0.336 e. The van der Waals surface area contributed by atoms with Crippen molar-refractivity contribution in [2.75, 3.05) is 13.7 Å². The molecule has 0 amide bonds. The van der Waals surface area contributed by atoms with Crippen LogP contribution in [0, 0.1) is 13.8 Å². The number of aryl methyl sites for hydroxylation is 2. The minimum absolute atomic E-state index is 0.289. The first-order valence-corrected chi connectivity index (χ1v) is 9.15. The lowest BCUT2D eigenvalue weighted by Gasteiger charge is -2.16. The minimum Gasteiger partial charge on any atom is -0.490 e. The summed E-state index contributed by atoms with van der Waals surface area (Å²) in [5, 5.41) is 1.02. The van der Waals surface area contributed by atoms with E-state index in [9.17, 15) is 4.79 Å². The van der Waals surface area contributed by atoms with E-state index >= 15 is 0 Å². The van der Waals surface area contributed by atoms with Gasteiger partial charge in [0.15, 0.2) is 0 Å². The highest BCUT2D eigenvalue weighted by Gasteiger charge is 2.13. The van der Waals surface area contributed by atoms with Crippen molar-refractivity contribution in [3.63, 3.8) is 0 Å². The number of benzene rings is 2. The summed E-state index contributed by atoms with van der Waals surface area (Å²) >= 11 is 0. The molecular formula is C23H26NO3+. The fourth-order valence-electron chi connectivity index (χ4n) is 3.27. The second kappa shape index (κ2) is 8.23. The highest BCUT2D eigenvalue weighted by molar-refractivity contribution is 5.83. The van der Waals surface area contributed by atoms with Gasteiger partial charge in [0, 0.05) is 22.6 Å². The zero-order chi connectivity index (χ0) is 19.4. The van der Waals surface area contributed by atoms with Gasteiger partial charge in [-0.25, -0.2) is 4.79 Å². The van der Waals surface area contributed by atoms with Gasteiger partial charge in [0.05, 0.1) is 7.05 Å². The summed E-state index contributed by atoms with van der Waals surface area (Å²) in [6, 6.07) is 13.9. The van der Waals surface area contributed by atoms with E-state index < -0.39 is 0 Å². The van der Waals surface area contributed by atoms with Crippen LogP contribution < -0.4 is 15.3 Å². The summed E-state index contributed by atoms with van der Waals surface area (Å²) in [6.07, 6.45) is 1.73. The molecule has 3 aromatic rings.